The van der Waals surface area contributed by atoms with Gasteiger partial charge in [0.05, 0.1) is 13.7 Å². The molecule has 0 atom stereocenters. The van der Waals surface area contributed by atoms with Crippen molar-refractivity contribution < 1.29 is 32.2 Å². The van der Waals surface area contributed by atoms with Crippen molar-refractivity contribution in [1.82, 2.24) is 9.62 Å². The largest absolute Gasteiger partial charge is 0.509 e. The van der Waals surface area contributed by atoms with Crippen molar-refractivity contribution in [1.29, 1.82) is 0 Å². The molecular formula is C23H30N2O7S2. The molecule has 34 heavy (non-hydrogen) atoms. The first-order valence-electron chi connectivity index (χ1n) is 10.9. The summed E-state index contributed by atoms with van der Waals surface area (Å²) in [5.74, 6) is 0.307. The SMILES string of the molecule is COc1cccc(C(=O)NCc2ccc(S(=O)(=O)N3CCC(OC(=O)OC(C)(C)C)CC3)s2)c1. The number of hydrogen-bond donors (Lipinski definition) is 1. The summed E-state index contributed by atoms with van der Waals surface area (Å²) in [7, 11) is -2.14. The van der Waals surface area contributed by atoms with Crippen LogP contribution in [0.2, 0.25) is 0 Å². The summed E-state index contributed by atoms with van der Waals surface area (Å²) in [6.07, 6.45) is -0.333. The zero-order valence-corrected chi connectivity index (χ0v) is 21.3. The molecule has 0 radical (unpaired) electrons. The average Bonchev–Trinajstić information content (AvgIpc) is 3.26. The van der Waals surface area contributed by atoms with Crippen LogP contribution in [0.3, 0.4) is 0 Å². The second-order valence-corrected chi connectivity index (χ2v) is 12.2. The van der Waals surface area contributed by atoms with E-state index in [1.54, 1.807) is 57.2 Å². The normalized spacial score (nSPS) is 15.5. The van der Waals surface area contributed by atoms with Crippen molar-refractivity contribution in [3.8, 4) is 5.75 Å². The van der Waals surface area contributed by atoms with Crippen LogP contribution in [-0.2, 0) is 26.0 Å². The second-order valence-electron chi connectivity index (χ2n) is 8.82. The summed E-state index contributed by atoms with van der Waals surface area (Å²) < 4.78 is 43.3. The van der Waals surface area contributed by atoms with E-state index in [0.29, 0.717) is 24.2 Å². The molecule has 1 amide bonds. The monoisotopic (exact) mass is 510 g/mol. The van der Waals surface area contributed by atoms with Crippen LogP contribution < -0.4 is 10.1 Å². The van der Waals surface area contributed by atoms with Gasteiger partial charge in [0.2, 0.25) is 0 Å². The van der Waals surface area contributed by atoms with Gasteiger partial charge in [-0.05, 0) is 63.9 Å². The Labute approximate surface area is 204 Å². The molecule has 1 N–H and O–H groups in total. The number of carbonyl (C=O) groups excluding carboxylic acids is 2. The Balaban J connectivity index is 1.53. The molecule has 0 saturated carbocycles. The zero-order chi connectivity index (χ0) is 24.9. The Kier molecular flexibility index (Phi) is 8.21. The minimum Gasteiger partial charge on any atom is -0.497 e. The molecule has 186 valence electrons. The van der Waals surface area contributed by atoms with Gasteiger partial charge in [0.25, 0.3) is 15.9 Å². The first-order valence-corrected chi connectivity index (χ1v) is 13.1. The molecule has 2 heterocycles. The number of amides is 1. The van der Waals surface area contributed by atoms with E-state index in [1.807, 2.05) is 0 Å². The van der Waals surface area contributed by atoms with Gasteiger partial charge in [-0.15, -0.1) is 11.3 Å². The van der Waals surface area contributed by atoms with E-state index in [4.69, 9.17) is 14.2 Å². The Morgan fingerprint density at radius 1 is 1.15 bits per heavy atom. The maximum atomic E-state index is 13.0. The highest BCUT2D eigenvalue weighted by Crippen LogP contribution is 2.28. The van der Waals surface area contributed by atoms with Crippen LogP contribution >= 0.6 is 11.3 Å². The Hall–Kier alpha value is -2.63. The zero-order valence-electron chi connectivity index (χ0n) is 19.7. The van der Waals surface area contributed by atoms with Gasteiger partial charge >= 0.3 is 6.16 Å². The molecule has 11 heteroatoms. The lowest BCUT2D eigenvalue weighted by Gasteiger charge is -2.31. The van der Waals surface area contributed by atoms with Crippen molar-refractivity contribution >= 4 is 33.4 Å². The van der Waals surface area contributed by atoms with Gasteiger partial charge in [0, 0.05) is 23.5 Å². The molecule has 1 aliphatic rings. The Morgan fingerprint density at radius 2 is 1.85 bits per heavy atom. The lowest BCUT2D eigenvalue weighted by Crippen LogP contribution is -2.41. The van der Waals surface area contributed by atoms with E-state index in [9.17, 15) is 18.0 Å². The molecule has 3 rings (SSSR count). The molecular weight excluding hydrogens is 480 g/mol. The lowest BCUT2D eigenvalue weighted by atomic mass is 10.1. The highest BCUT2D eigenvalue weighted by atomic mass is 32.2. The van der Waals surface area contributed by atoms with Crippen LogP contribution in [-0.4, -0.2) is 56.7 Å². The number of nitrogens with zero attached hydrogens (tertiary/aromatic N) is 1. The van der Waals surface area contributed by atoms with E-state index in [-0.39, 0.29) is 35.9 Å². The number of hydrogen-bond acceptors (Lipinski definition) is 8. The van der Waals surface area contributed by atoms with Crippen molar-refractivity contribution in [3.05, 3.63) is 46.8 Å². The van der Waals surface area contributed by atoms with Gasteiger partial charge in [-0.2, -0.15) is 4.31 Å². The third-order valence-electron chi connectivity index (χ3n) is 5.04. The van der Waals surface area contributed by atoms with Gasteiger partial charge in [-0.1, -0.05) is 6.07 Å². The summed E-state index contributed by atoms with van der Waals surface area (Å²) in [6.45, 7) is 5.96. The highest BCUT2D eigenvalue weighted by Gasteiger charge is 2.32. The fourth-order valence-corrected chi connectivity index (χ4v) is 6.27. The summed E-state index contributed by atoms with van der Waals surface area (Å²) in [4.78, 5) is 25.0. The first kappa shape index (κ1) is 26.0. The molecule has 1 aromatic carbocycles. The van der Waals surface area contributed by atoms with E-state index in [1.165, 1.54) is 11.4 Å². The number of piperidine rings is 1. The van der Waals surface area contributed by atoms with Gasteiger partial charge in [-0.3, -0.25) is 4.79 Å². The number of sulfonamides is 1. The fourth-order valence-electron chi connectivity index (χ4n) is 3.35. The van der Waals surface area contributed by atoms with Crippen LogP contribution in [0.1, 0.15) is 48.8 Å². The number of thiophene rings is 1. The number of rotatable bonds is 7. The van der Waals surface area contributed by atoms with Gasteiger partial charge in [0.1, 0.15) is 21.7 Å². The molecule has 2 aromatic rings. The van der Waals surface area contributed by atoms with Crippen LogP contribution in [0, 0.1) is 0 Å². The number of nitrogens with one attached hydrogen (secondary N) is 1. The van der Waals surface area contributed by atoms with E-state index >= 15 is 0 Å². The van der Waals surface area contributed by atoms with Crippen molar-refractivity contribution in [2.45, 2.75) is 56.1 Å². The minimum absolute atomic E-state index is 0.210. The molecule has 1 saturated heterocycles. The molecule has 0 aliphatic carbocycles. The van der Waals surface area contributed by atoms with Gasteiger partial charge in [-0.25, -0.2) is 13.2 Å². The Bertz CT molecular complexity index is 1110. The predicted octanol–water partition coefficient (Wildman–Crippen LogP) is 3.79. The third kappa shape index (κ3) is 6.94. The molecule has 9 nitrogen and oxygen atoms in total. The van der Waals surface area contributed by atoms with E-state index in [0.717, 1.165) is 16.2 Å². The summed E-state index contributed by atoms with van der Waals surface area (Å²) in [6, 6.07) is 10.0. The summed E-state index contributed by atoms with van der Waals surface area (Å²) in [5, 5.41) is 2.80. The van der Waals surface area contributed by atoms with Crippen LogP contribution in [0.25, 0.3) is 0 Å². The molecule has 1 aliphatic heterocycles. The minimum atomic E-state index is -3.67. The standard InChI is InChI=1S/C23H30N2O7S2/c1-23(2,3)32-22(27)31-17-10-12-25(13-11-17)34(28,29)20-9-8-19(33-20)15-24-21(26)16-6-5-7-18(14-16)30-4/h5-9,14,17H,10-13,15H2,1-4H3,(H,24,26). The maximum Gasteiger partial charge on any atom is 0.509 e. The third-order valence-corrected chi connectivity index (χ3v) is 8.49. The van der Waals surface area contributed by atoms with Crippen molar-refractivity contribution in [3.63, 3.8) is 0 Å². The highest BCUT2D eigenvalue weighted by molar-refractivity contribution is 7.91. The van der Waals surface area contributed by atoms with E-state index in [2.05, 4.69) is 5.32 Å². The molecule has 0 unspecified atom stereocenters. The van der Waals surface area contributed by atoms with E-state index < -0.39 is 21.8 Å². The molecule has 0 bridgehead atoms. The fraction of sp³-hybridized carbons (Fsp3) is 0.478. The van der Waals surface area contributed by atoms with Crippen LogP contribution in [0.4, 0.5) is 4.79 Å². The quantitative estimate of drug-likeness (QED) is 0.564. The first-order chi connectivity index (χ1) is 16.0. The number of carbonyl (C=O) groups is 2. The number of methoxy groups -OCH3 is 1. The average molecular weight is 511 g/mol. The topological polar surface area (TPSA) is 111 Å². The van der Waals surface area contributed by atoms with Crippen LogP contribution in [0.15, 0.2) is 40.6 Å². The molecule has 1 aromatic heterocycles. The maximum absolute atomic E-state index is 13.0. The smallest absolute Gasteiger partial charge is 0.497 e. The number of ether oxygens (including phenoxy) is 3. The van der Waals surface area contributed by atoms with Crippen molar-refractivity contribution in [2.24, 2.45) is 0 Å². The second kappa shape index (κ2) is 10.7. The van der Waals surface area contributed by atoms with Crippen LogP contribution in [0.5, 0.6) is 5.75 Å². The lowest BCUT2D eigenvalue weighted by molar-refractivity contribution is -0.0352. The summed E-state index contributed by atoms with van der Waals surface area (Å²) in [5.41, 5.74) is -0.189. The van der Waals surface area contributed by atoms with Gasteiger partial charge < -0.3 is 19.5 Å². The van der Waals surface area contributed by atoms with Gasteiger partial charge in [0.15, 0.2) is 0 Å². The Morgan fingerprint density at radius 3 is 2.50 bits per heavy atom. The molecule has 0 spiro atoms. The summed E-state index contributed by atoms with van der Waals surface area (Å²) >= 11 is 1.12. The molecule has 1 fully saturated rings. The predicted molar refractivity (Wildman–Crippen MR) is 128 cm³/mol. The number of benzene rings is 1. The van der Waals surface area contributed by atoms with Crippen molar-refractivity contribution in [2.75, 3.05) is 20.2 Å².